The molecule has 2 aromatic rings. The van der Waals surface area contributed by atoms with E-state index in [1.165, 1.54) is 5.69 Å². The first-order valence-electron chi connectivity index (χ1n) is 5.94. The highest BCUT2D eigenvalue weighted by atomic mass is 15.1. The first kappa shape index (κ1) is 11.7. The fraction of sp³-hybridized carbons (Fsp3) is 0.357. The molecular formula is C14H19N3. The number of nitrogens with two attached hydrogens (primary N) is 1. The second-order valence-electron chi connectivity index (χ2n) is 4.85. The number of pyridine rings is 1. The Morgan fingerprint density at radius 1 is 1.29 bits per heavy atom. The molecule has 1 aromatic carbocycles. The van der Waals surface area contributed by atoms with Crippen LogP contribution in [0.15, 0.2) is 30.5 Å². The highest BCUT2D eigenvalue weighted by molar-refractivity contribution is 5.97. The fourth-order valence-corrected chi connectivity index (χ4v) is 2.16. The largest absolute Gasteiger partial charge is 0.397 e. The zero-order chi connectivity index (χ0) is 12.4. The molecule has 0 saturated carbocycles. The number of nitrogens with zero attached hydrogens (tertiary/aromatic N) is 2. The Balaban J connectivity index is 2.51. The number of hydrogen-bond acceptors (Lipinski definition) is 3. The van der Waals surface area contributed by atoms with Gasteiger partial charge in [-0.15, -0.1) is 0 Å². The predicted octanol–water partition coefficient (Wildman–Crippen LogP) is 2.91. The molecule has 0 spiro atoms. The van der Waals surface area contributed by atoms with Gasteiger partial charge in [0.25, 0.3) is 0 Å². The van der Waals surface area contributed by atoms with Gasteiger partial charge < -0.3 is 10.6 Å². The van der Waals surface area contributed by atoms with Gasteiger partial charge >= 0.3 is 0 Å². The predicted molar refractivity (Wildman–Crippen MR) is 74.3 cm³/mol. The van der Waals surface area contributed by atoms with Crippen molar-refractivity contribution in [2.45, 2.75) is 13.8 Å². The number of aromatic nitrogens is 1. The third kappa shape index (κ3) is 2.33. The van der Waals surface area contributed by atoms with Crippen molar-refractivity contribution in [3.8, 4) is 0 Å². The molecule has 0 bridgehead atoms. The Morgan fingerprint density at radius 2 is 2.06 bits per heavy atom. The van der Waals surface area contributed by atoms with E-state index in [1.54, 1.807) is 0 Å². The maximum Gasteiger partial charge on any atom is 0.0951 e. The van der Waals surface area contributed by atoms with E-state index >= 15 is 0 Å². The molecule has 3 heteroatoms. The molecule has 0 amide bonds. The minimum atomic E-state index is 0.629. The van der Waals surface area contributed by atoms with Crippen LogP contribution in [0.5, 0.6) is 0 Å². The zero-order valence-corrected chi connectivity index (χ0v) is 10.6. The summed E-state index contributed by atoms with van der Waals surface area (Å²) in [6, 6.07) is 7.99. The van der Waals surface area contributed by atoms with Gasteiger partial charge in [0.05, 0.1) is 11.2 Å². The number of benzene rings is 1. The van der Waals surface area contributed by atoms with E-state index in [1.807, 2.05) is 24.4 Å². The molecule has 3 nitrogen and oxygen atoms in total. The highest BCUT2D eigenvalue weighted by Gasteiger charge is 2.09. The molecule has 0 unspecified atom stereocenters. The lowest BCUT2D eigenvalue weighted by atomic mass is 10.1. The van der Waals surface area contributed by atoms with E-state index in [-0.39, 0.29) is 0 Å². The first-order chi connectivity index (χ1) is 8.09. The standard InChI is InChI=1S/C14H19N3/c1-10(2)9-17(3)13-7-8-16-14-11(13)5-4-6-12(14)15/h4-8,10H,9,15H2,1-3H3. The van der Waals surface area contributed by atoms with E-state index in [0.717, 1.165) is 23.1 Å². The van der Waals surface area contributed by atoms with Crippen molar-refractivity contribution >= 4 is 22.3 Å². The van der Waals surface area contributed by atoms with Crippen LogP contribution in [0.3, 0.4) is 0 Å². The third-order valence-electron chi connectivity index (χ3n) is 2.83. The van der Waals surface area contributed by atoms with Gasteiger partial charge in [0.1, 0.15) is 0 Å². The van der Waals surface area contributed by atoms with Crippen molar-refractivity contribution < 1.29 is 0 Å². The molecule has 1 heterocycles. The minimum Gasteiger partial charge on any atom is -0.397 e. The average Bonchev–Trinajstić information content (AvgIpc) is 2.28. The molecule has 0 saturated heterocycles. The lowest BCUT2D eigenvalue weighted by Crippen LogP contribution is -2.22. The molecule has 2 N–H and O–H groups in total. The van der Waals surface area contributed by atoms with Crippen LogP contribution in [-0.4, -0.2) is 18.6 Å². The van der Waals surface area contributed by atoms with Crippen molar-refractivity contribution in [2.24, 2.45) is 5.92 Å². The molecule has 0 aliphatic carbocycles. The minimum absolute atomic E-state index is 0.629. The molecular weight excluding hydrogens is 210 g/mol. The summed E-state index contributed by atoms with van der Waals surface area (Å²) in [6.07, 6.45) is 1.82. The number of anilines is 2. The summed E-state index contributed by atoms with van der Waals surface area (Å²) >= 11 is 0. The van der Waals surface area contributed by atoms with Gasteiger partial charge in [-0.25, -0.2) is 0 Å². The summed E-state index contributed by atoms with van der Waals surface area (Å²) in [7, 11) is 2.11. The topological polar surface area (TPSA) is 42.2 Å². The second kappa shape index (κ2) is 4.62. The Kier molecular flexibility index (Phi) is 3.18. The summed E-state index contributed by atoms with van der Waals surface area (Å²) in [5.74, 6) is 0.629. The Bertz CT molecular complexity index is 520. The van der Waals surface area contributed by atoms with E-state index in [4.69, 9.17) is 5.73 Å². The van der Waals surface area contributed by atoms with Gasteiger partial charge in [0.2, 0.25) is 0 Å². The summed E-state index contributed by atoms with van der Waals surface area (Å²) in [5, 5.41) is 1.12. The molecule has 0 radical (unpaired) electrons. The van der Waals surface area contributed by atoms with Gasteiger partial charge in [-0.2, -0.15) is 0 Å². The van der Waals surface area contributed by atoms with Gasteiger partial charge in [-0.05, 0) is 18.1 Å². The smallest absolute Gasteiger partial charge is 0.0951 e. The quantitative estimate of drug-likeness (QED) is 0.823. The van der Waals surface area contributed by atoms with Crippen LogP contribution in [0.2, 0.25) is 0 Å². The molecule has 0 fully saturated rings. The van der Waals surface area contributed by atoms with Crippen LogP contribution in [0, 0.1) is 5.92 Å². The maximum absolute atomic E-state index is 5.95. The van der Waals surface area contributed by atoms with Gasteiger partial charge in [-0.1, -0.05) is 26.0 Å². The zero-order valence-electron chi connectivity index (χ0n) is 10.6. The Hall–Kier alpha value is -1.77. The van der Waals surface area contributed by atoms with Crippen LogP contribution in [0.4, 0.5) is 11.4 Å². The summed E-state index contributed by atoms with van der Waals surface area (Å²) < 4.78 is 0. The van der Waals surface area contributed by atoms with E-state index < -0.39 is 0 Å². The summed E-state index contributed by atoms with van der Waals surface area (Å²) in [4.78, 5) is 6.61. The van der Waals surface area contributed by atoms with Crippen molar-refractivity contribution in [3.63, 3.8) is 0 Å². The fourth-order valence-electron chi connectivity index (χ4n) is 2.16. The number of rotatable bonds is 3. The third-order valence-corrected chi connectivity index (χ3v) is 2.83. The molecule has 2 rings (SSSR count). The second-order valence-corrected chi connectivity index (χ2v) is 4.85. The van der Waals surface area contributed by atoms with E-state index in [0.29, 0.717) is 5.92 Å². The van der Waals surface area contributed by atoms with Crippen molar-refractivity contribution in [1.29, 1.82) is 0 Å². The van der Waals surface area contributed by atoms with E-state index in [9.17, 15) is 0 Å². The summed E-state index contributed by atoms with van der Waals surface area (Å²) in [5.41, 5.74) is 8.76. The molecule has 17 heavy (non-hydrogen) atoms. The summed E-state index contributed by atoms with van der Waals surface area (Å²) in [6.45, 7) is 5.45. The SMILES string of the molecule is CC(C)CN(C)c1ccnc2c(N)cccc12. The van der Waals surface area contributed by atoms with Crippen molar-refractivity contribution in [2.75, 3.05) is 24.2 Å². The van der Waals surface area contributed by atoms with Crippen molar-refractivity contribution in [3.05, 3.63) is 30.5 Å². The lowest BCUT2D eigenvalue weighted by Gasteiger charge is -2.23. The first-order valence-corrected chi connectivity index (χ1v) is 5.94. The maximum atomic E-state index is 5.95. The van der Waals surface area contributed by atoms with Crippen LogP contribution >= 0.6 is 0 Å². The molecule has 90 valence electrons. The average molecular weight is 229 g/mol. The molecule has 0 aliphatic heterocycles. The molecule has 0 aliphatic rings. The van der Waals surface area contributed by atoms with Gasteiger partial charge in [-0.3, -0.25) is 4.98 Å². The normalized spacial score (nSPS) is 11.1. The van der Waals surface area contributed by atoms with Crippen LogP contribution in [-0.2, 0) is 0 Å². The van der Waals surface area contributed by atoms with Crippen LogP contribution in [0.25, 0.3) is 10.9 Å². The van der Waals surface area contributed by atoms with Crippen LogP contribution < -0.4 is 10.6 Å². The Labute approximate surface area is 102 Å². The van der Waals surface area contributed by atoms with Gasteiger partial charge in [0.15, 0.2) is 0 Å². The van der Waals surface area contributed by atoms with Crippen molar-refractivity contribution in [1.82, 2.24) is 4.98 Å². The molecule has 1 aromatic heterocycles. The number of nitrogen functional groups attached to an aromatic ring is 1. The monoisotopic (exact) mass is 229 g/mol. The number of fused-ring (bicyclic) bond motifs is 1. The highest BCUT2D eigenvalue weighted by Crippen LogP contribution is 2.27. The van der Waals surface area contributed by atoms with Crippen LogP contribution in [0.1, 0.15) is 13.8 Å². The lowest BCUT2D eigenvalue weighted by molar-refractivity contribution is 0.639. The van der Waals surface area contributed by atoms with Gasteiger partial charge in [0, 0.05) is 30.9 Å². The number of para-hydroxylation sites is 1. The molecule has 0 atom stereocenters. The van der Waals surface area contributed by atoms with E-state index in [2.05, 4.69) is 36.8 Å². The Morgan fingerprint density at radius 3 is 2.76 bits per heavy atom. The number of hydrogen-bond donors (Lipinski definition) is 1.